The standard InChI is InChI=1S/C15H24ClNO2S/c1-12(2)11-17(13(3)4)20(18,19)15-7-5-14(6-8-15)9-10-16/h5-8,12-13H,9-11H2,1-4H3. The third kappa shape index (κ3) is 4.47. The summed E-state index contributed by atoms with van der Waals surface area (Å²) in [6.45, 7) is 8.38. The van der Waals surface area contributed by atoms with Crippen LogP contribution in [0.1, 0.15) is 33.3 Å². The molecule has 1 aromatic carbocycles. The predicted molar refractivity (Wildman–Crippen MR) is 84.7 cm³/mol. The summed E-state index contributed by atoms with van der Waals surface area (Å²) in [4.78, 5) is 0.352. The van der Waals surface area contributed by atoms with Gasteiger partial charge in [0.15, 0.2) is 0 Å². The van der Waals surface area contributed by atoms with Crippen LogP contribution in [0.25, 0.3) is 0 Å². The van der Waals surface area contributed by atoms with E-state index < -0.39 is 10.0 Å². The van der Waals surface area contributed by atoms with Crippen molar-refractivity contribution in [2.75, 3.05) is 12.4 Å². The second-order valence-electron chi connectivity index (χ2n) is 5.65. The molecule has 1 aromatic rings. The molecule has 0 aliphatic rings. The number of hydrogen-bond donors (Lipinski definition) is 0. The first-order chi connectivity index (χ1) is 9.28. The molecule has 0 saturated carbocycles. The first-order valence-corrected chi connectivity index (χ1v) is 8.93. The van der Waals surface area contributed by atoms with Crippen LogP contribution in [0.3, 0.4) is 0 Å². The van der Waals surface area contributed by atoms with Gasteiger partial charge in [0.25, 0.3) is 0 Å². The van der Waals surface area contributed by atoms with E-state index in [0.717, 1.165) is 12.0 Å². The lowest BCUT2D eigenvalue weighted by atomic mass is 10.2. The molecule has 0 amide bonds. The van der Waals surface area contributed by atoms with Crippen molar-refractivity contribution >= 4 is 21.6 Å². The Morgan fingerprint density at radius 1 is 1.10 bits per heavy atom. The summed E-state index contributed by atoms with van der Waals surface area (Å²) in [7, 11) is -3.43. The highest BCUT2D eigenvalue weighted by Crippen LogP contribution is 2.20. The molecular weight excluding hydrogens is 294 g/mol. The highest BCUT2D eigenvalue weighted by molar-refractivity contribution is 7.89. The van der Waals surface area contributed by atoms with E-state index >= 15 is 0 Å². The van der Waals surface area contributed by atoms with Gasteiger partial charge in [0.2, 0.25) is 10.0 Å². The molecule has 20 heavy (non-hydrogen) atoms. The molecule has 0 aliphatic carbocycles. The van der Waals surface area contributed by atoms with Crippen LogP contribution in [-0.4, -0.2) is 31.2 Å². The fraction of sp³-hybridized carbons (Fsp3) is 0.600. The zero-order valence-corrected chi connectivity index (χ0v) is 14.2. The van der Waals surface area contributed by atoms with Gasteiger partial charge in [-0.25, -0.2) is 8.42 Å². The summed E-state index contributed by atoms with van der Waals surface area (Å²) in [6.07, 6.45) is 0.752. The van der Waals surface area contributed by atoms with Crippen LogP contribution < -0.4 is 0 Å². The van der Waals surface area contributed by atoms with Gasteiger partial charge in [0.05, 0.1) is 4.90 Å². The number of aryl methyl sites for hydroxylation is 1. The summed E-state index contributed by atoms with van der Waals surface area (Å²) in [6, 6.07) is 6.97. The highest BCUT2D eigenvalue weighted by atomic mass is 35.5. The number of rotatable bonds is 7. The first-order valence-electron chi connectivity index (χ1n) is 6.95. The SMILES string of the molecule is CC(C)CN(C(C)C)S(=O)(=O)c1ccc(CCCl)cc1. The van der Waals surface area contributed by atoms with E-state index in [9.17, 15) is 8.42 Å². The summed E-state index contributed by atoms with van der Waals surface area (Å²) in [5, 5.41) is 0. The minimum absolute atomic E-state index is 0.0510. The normalized spacial score (nSPS) is 12.6. The molecule has 0 unspecified atom stereocenters. The average Bonchev–Trinajstić information content (AvgIpc) is 2.36. The van der Waals surface area contributed by atoms with E-state index in [1.807, 2.05) is 39.8 Å². The van der Waals surface area contributed by atoms with Crippen LogP contribution >= 0.6 is 11.6 Å². The van der Waals surface area contributed by atoms with Gasteiger partial charge in [-0.15, -0.1) is 11.6 Å². The topological polar surface area (TPSA) is 37.4 Å². The lowest BCUT2D eigenvalue weighted by molar-refractivity contribution is 0.319. The van der Waals surface area contributed by atoms with Gasteiger partial charge in [-0.05, 0) is 43.9 Å². The maximum Gasteiger partial charge on any atom is 0.243 e. The molecule has 0 radical (unpaired) electrons. The Hall–Kier alpha value is -0.580. The monoisotopic (exact) mass is 317 g/mol. The highest BCUT2D eigenvalue weighted by Gasteiger charge is 2.27. The quantitative estimate of drug-likeness (QED) is 0.721. The Morgan fingerprint density at radius 3 is 2.05 bits per heavy atom. The molecule has 0 aliphatic heterocycles. The summed E-state index contributed by atoms with van der Waals surface area (Å²) in [5.74, 6) is 0.833. The largest absolute Gasteiger partial charge is 0.243 e. The van der Waals surface area contributed by atoms with Crippen molar-refractivity contribution in [2.24, 2.45) is 5.92 Å². The van der Waals surface area contributed by atoms with Gasteiger partial charge in [0, 0.05) is 18.5 Å². The molecule has 0 fully saturated rings. The molecular formula is C15H24ClNO2S. The maximum atomic E-state index is 12.7. The van der Waals surface area contributed by atoms with Crippen LogP contribution in [0.15, 0.2) is 29.2 Å². The average molecular weight is 318 g/mol. The fourth-order valence-electron chi connectivity index (χ4n) is 2.02. The van der Waals surface area contributed by atoms with E-state index in [1.165, 1.54) is 0 Å². The lowest BCUT2D eigenvalue weighted by Crippen LogP contribution is -2.39. The minimum Gasteiger partial charge on any atom is -0.207 e. The van der Waals surface area contributed by atoms with Gasteiger partial charge in [-0.3, -0.25) is 0 Å². The van der Waals surface area contributed by atoms with Gasteiger partial charge in [-0.2, -0.15) is 4.31 Å². The molecule has 114 valence electrons. The number of sulfonamides is 1. The number of benzene rings is 1. The Bertz CT molecular complexity index is 509. The maximum absolute atomic E-state index is 12.7. The molecule has 1 rings (SSSR count). The second kappa shape index (κ2) is 7.43. The van der Waals surface area contributed by atoms with Gasteiger partial charge in [-0.1, -0.05) is 26.0 Å². The predicted octanol–water partition coefficient (Wildman–Crippen LogP) is 3.52. The Balaban J connectivity index is 3.06. The smallest absolute Gasteiger partial charge is 0.207 e. The van der Waals surface area contributed by atoms with E-state index in [2.05, 4.69) is 0 Å². The van der Waals surface area contributed by atoms with Crippen LogP contribution in [0, 0.1) is 5.92 Å². The molecule has 5 heteroatoms. The van der Waals surface area contributed by atoms with Crippen molar-refractivity contribution in [2.45, 2.75) is 45.1 Å². The zero-order valence-electron chi connectivity index (χ0n) is 12.6. The summed E-state index contributed by atoms with van der Waals surface area (Å²) >= 11 is 5.69. The first kappa shape index (κ1) is 17.5. The molecule has 3 nitrogen and oxygen atoms in total. The Labute approximate surface area is 128 Å². The van der Waals surface area contributed by atoms with Crippen molar-refractivity contribution in [3.8, 4) is 0 Å². The third-order valence-corrected chi connectivity index (χ3v) is 5.28. The Kier molecular flexibility index (Phi) is 6.49. The van der Waals surface area contributed by atoms with Gasteiger partial charge in [0.1, 0.15) is 0 Å². The number of nitrogens with zero attached hydrogens (tertiary/aromatic N) is 1. The van der Waals surface area contributed by atoms with Crippen molar-refractivity contribution in [1.29, 1.82) is 0 Å². The summed E-state index contributed by atoms with van der Waals surface area (Å²) < 4.78 is 26.9. The zero-order chi connectivity index (χ0) is 15.3. The minimum atomic E-state index is -3.43. The Morgan fingerprint density at radius 2 is 1.65 bits per heavy atom. The van der Waals surface area contributed by atoms with Gasteiger partial charge >= 0.3 is 0 Å². The number of halogens is 1. The van der Waals surface area contributed by atoms with Crippen LogP contribution in [0.5, 0.6) is 0 Å². The van der Waals surface area contributed by atoms with Crippen molar-refractivity contribution in [3.63, 3.8) is 0 Å². The molecule has 0 saturated heterocycles. The van der Waals surface area contributed by atoms with Crippen molar-refractivity contribution in [1.82, 2.24) is 4.31 Å². The van der Waals surface area contributed by atoms with E-state index in [0.29, 0.717) is 23.2 Å². The molecule has 0 bridgehead atoms. The van der Waals surface area contributed by atoms with Crippen molar-refractivity contribution in [3.05, 3.63) is 29.8 Å². The summed E-state index contributed by atoms with van der Waals surface area (Å²) in [5.41, 5.74) is 1.05. The van der Waals surface area contributed by atoms with E-state index in [-0.39, 0.29) is 6.04 Å². The number of alkyl halides is 1. The van der Waals surface area contributed by atoms with E-state index in [4.69, 9.17) is 11.6 Å². The lowest BCUT2D eigenvalue weighted by Gasteiger charge is -2.27. The van der Waals surface area contributed by atoms with Gasteiger partial charge < -0.3 is 0 Å². The molecule has 0 heterocycles. The fourth-order valence-corrected chi connectivity index (χ4v) is 4.04. The van der Waals surface area contributed by atoms with E-state index in [1.54, 1.807) is 16.4 Å². The second-order valence-corrected chi connectivity index (χ2v) is 7.91. The molecule has 0 spiro atoms. The van der Waals surface area contributed by atoms with Crippen LogP contribution in [0.2, 0.25) is 0 Å². The molecule has 0 atom stereocenters. The van der Waals surface area contributed by atoms with Crippen molar-refractivity contribution < 1.29 is 8.42 Å². The number of hydrogen-bond acceptors (Lipinski definition) is 2. The molecule has 0 N–H and O–H groups in total. The van der Waals surface area contributed by atoms with Crippen LogP contribution in [-0.2, 0) is 16.4 Å². The van der Waals surface area contributed by atoms with Crippen LogP contribution in [0.4, 0.5) is 0 Å². The third-order valence-electron chi connectivity index (χ3n) is 3.03. The molecule has 0 aromatic heterocycles.